The van der Waals surface area contributed by atoms with Crippen LogP contribution in [0, 0.1) is 0 Å². The maximum Gasteiger partial charge on any atom is 0.251 e. The summed E-state index contributed by atoms with van der Waals surface area (Å²) in [6, 6.07) is 7.76. The molecule has 2 rings (SSSR count). The van der Waals surface area contributed by atoms with Crippen molar-refractivity contribution in [2.24, 2.45) is 0 Å². The third-order valence-corrected chi connectivity index (χ3v) is 4.63. The zero-order valence-corrected chi connectivity index (χ0v) is 13.8. The summed E-state index contributed by atoms with van der Waals surface area (Å²) in [7, 11) is 2.17. The molecule has 0 spiro atoms. The van der Waals surface area contributed by atoms with Gasteiger partial charge in [0, 0.05) is 43.2 Å². The van der Waals surface area contributed by atoms with Crippen molar-refractivity contribution in [1.29, 1.82) is 0 Å². The molecule has 1 N–H and O–H groups in total. The maximum atomic E-state index is 12.0. The molecule has 1 amide bonds. The van der Waals surface area contributed by atoms with Crippen LogP contribution in [0.5, 0.6) is 0 Å². The van der Waals surface area contributed by atoms with Crippen LogP contribution < -0.4 is 5.32 Å². The summed E-state index contributed by atoms with van der Waals surface area (Å²) in [5, 5.41) is 3.00. The van der Waals surface area contributed by atoms with Gasteiger partial charge in [0.2, 0.25) is 0 Å². The molecule has 0 unspecified atom stereocenters. The summed E-state index contributed by atoms with van der Waals surface area (Å²) in [6.07, 6.45) is 3.05. The third kappa shape index (κ3) is 5.34. The first-order valence-electron chi connectivity index (χ1n) is 7.52. The lowest BCUT2D eigenvalue weighted by atomic mass is 10.2. The molecule has 5 heteroatoms. The Hall–Kier alpha value is -1.04. The highest BCUT2D eigenvalue weighted by Crippen LogP contribution is 2.14. The van der Waals surface area contributed by atoms with Gasteiger partial charge in [0.25, 0.3) is 5.91 Å². The van der Waals surface area contributed by atoms with Gasteiger partial charge in [0.15, 0.2) is 0 Å². The first kappa shape index (κ1) is 16.3. The molecule has 0 atom stereocenters. The highest BCUT2D eigenvalue weighted by atomic mass is 32.2. The van der Waals surface area contributed by atoms with Gasteiger partial charge >= 0.3 is 0 Å². The molecular formula is C16H25N3OS. The van der Waals surface area contributed by atoms with Crippen LogP contribution in [0.3, 0.4) is 0 Å². The van der Waals surface area contributed by atoms with E-state index >= 15 is 0 Å². The van der Waals surface area contributed by atoms with Crippen molar-refractivity contribution in [2.75, 3.05) is 52.6 Å². The van der Waals surface area contributed by atoms with E-state index in [1.165, 1.54) is 4.90 Å². The van der Waals surface area contributed by atoms with Gasteiger partial charge in [0.05, 0.1) is 0 Å². The number of hydrogen-bond acceptors (Lipinski definition) is 4. The molecule has 1 aromatic rings. The van der Waals surface area contributed by atoms with E-state index in [0.717, 1.165) is 51.3 Å². The Morgan fingerprint density at radius 3 is 2.48 bits per heavy atom. The van der Waals surface area contributed by atoms with Crippen LogP contribution in [0.4, 0.5) is 0 Å². The second-order valence-electron chi connectivity index (χ2n) is 5.48. The number of thioether (sulfide) groups is 1. The molecule has 1 fully saturated rings. The van der Waals surface area contributed by atoms with E-state index in [4.69, 9.17) is 0 Å². The molecule has 0 radical (unpaired) electrons. The number of nitrogens with zero attached hydrogens (tertiary/aromatic N) is 2. The normalized spacial score (nSPS) is 16.9. The lowest BCUT2D eigenvalue weighted by Gasteiger charge is -2.32. The van der Waals surface area contributed by atoms with E-state index in [2.05, 4.69) is 22.2 Å². The molecule has 1 saturated heterocycles. The molecule has 1 aromatic carbocycles. The maximum absolute atomic E-state index is 12.0. The van der Waals surface area contributed by atoms with E-state index < -0.39 is 0 Å². The van der Waals surface area contributed by atoms with Crippen molar-refractivity contribution in [2.45, 2.75) is 11.3 Å². The van der Waals surface area contributed by atoms with Crippen molar-refractivity contribution in [3.05, 3.63) is 29.8 Å². The SMILES string of the molecule is CSc1ccc(C(=O)NCCCN2CCN(C)CC2)cc1. The number of carbonyl (C=O) groups is 1. The predicted molar refractivity (Wildman–Crippen MR) is 89.1 cm³/mol. The van der Waals surface area contributed by atoms with Crippen LogP contribution in [-0.2, 0) is 0 Å². The number of piperazine rings is 1. The van der Waals surface area contributed by atoms with Crippen molar-refractivity contribution in [3.8, 4) is 0 Å². The van der Waals surface area contributed by atoms with Crippen molar-refractivity contribution in [1.82, 2.24) is 15.1 Å². The smallest absolute Gasteiger partial charge is 0.251 e. The Balaban J connectivity index is 1.64. The zero-order chi connectivity index (χ0) is 15.1. The summed E-state index contributed by atoms with van der Waals surface area (Å²) >= 11 is 1.69. The molecule has 1 aliphatic heterocycles. The van der Waals surface area contributed by atoms with Crippen LogP contribution in [-0.4, -0.2) is 68.3 Å². The van der Waals surface area contributed by atoms with E-state index in [1.54, 1.807) is 11.8 Å². The summed E-state index contributed by atoms with van der Waals surface area (Å²) in [5.74, 6) is 0.0287. The fourth-order valence-corrected chi connectivity index (χ4v) is 2.83. The van der Waals surface area contributed by atoms with E-state index in [1.807, 2.05) is 30.5 Å². The van der Waals surface area contributed by atoms with Crippen LogP contribution in [0.1, 0.15) is 16.8 Å². The van der Waals surface area contributed by atoms with Crippen LogP contribution in [0.25, 0.3) is 0 Å². The monoisotopic (exact) mass is 307 g/mol. The Kier molecular flexibility index (Phi) is 6.54. The minimum Gasteiger partial charge on any atom is -0.352 e. The second-order valence-corrected chi connectivity index (χ2v) is 6.36. The van der Waals surface area contributed by atoms with E-state index in [-0.39, 0.29) is 5.91 Å². The van der Waals surface area contributed by atoms with Gasteiger partial charge in [-0.25, -0.2) is 0 Å². The van der Waals surface area contributed by atoms with Gasteiger partial charge in [-0.05, 0) is 50.5 Å². The van der Waals surface area contributed by atoms with Crippen LogP contribution >= 0.6 is 11.8 Å². The highest BCUT2D eigenvalue weighted by molar-refractivity contribution is 7.98. The molecular weight excluding hydrogens is 282 g/mol. The van der Waals surface area contributed by atoms with E-state index in [9.17, 15) is 4.79 Å². The van der Waals surface area contributed by atoms with Crippen molar-refractivity contribution < 1.29 is 4.79 Å². The highest BCUT2D eigenvalue weighted by Gasteiger charge is 2.13. The molecule has 1 aliphatic rings. The lowest BCUT2D eigenvalue weighted by Crippen LogP contribution is -2.45. The molecule has 116 valence electrons. The summed E-state index contributed by atoms with van der Waals surface area (Å²) in [4.78, 5) is 18.0. The number of likely N-dealkylation sites (N-methyl/N-ethyl adjacent to an activating group) is 1. The van der Waals surface area contributed by atoms with Gasteiger partial charge in [-0.3, -0.25) is 4.79 Å². The molecule has 1 heterocycles. The number of carbonyl (C=O) groups excluding carboxylic acids is 1. The summed E-state index contributed by atoms with van der Waals surface area (Å²) in [5.41, 5.74) is 0.743. The number of hydrogen-bond donors (Lipinski definition) is 1. The fraction of sp³-hybridized carbons (Fsp3) is 0.562. The molecule has 0 aromatic heterocycles. The van der Waals surface area contributed by atoms with Crippen molar-refractivity contribution in [3.63, 3.8) is 0 Å². The molecule has 0 bridgehead atoms. The zero-order valence-electron chi connectivity index (χ0n) is 13.0. The van der Waals surface area contributed by atoms with Gasteiger partial charge in [-0.15, -0.1) is 11.8 Å². The van der Waals surface area contributed by atoms with Gasteiger partial charge in [0.1, 0.15) is 0 Å². The van der Waals surface area contributed by atoms with Gasteiger partial charge in [-0.2, -0.15) is 0 Å². The van der Waals surface area contributed by atoms with Gasteiger partial charge < -0.3 is 15.1 Å². The average Bonchev–Trinajstić information content (AvgIpc) is 2.53. The number of amides is 1. The quantitative estimate of drug-likeness (QED) is 0.642. The van der Waals surface area contributed by atoms with Gasteiger partial charge in [-0.1, -0.05) is 0 Å². The third-order valence-electron chi connectivity index (χ3n) is 3.88. The average molecular weight is 307 g/mol. The molecule has 0 aliphatic carbocycles. The van der Waals surface area contributed by atoms with Crippen LogP contribution in [0.2, 0.25) is 0 Å². The summed E-state index contributed by atoms with van der Waals surface area (Å²) in [6.45, 7) is 6.39. The van der Waals surface area contributed by atoms with Crippen LogP contribution in [0.15, 0.2) is 29.2 Å². The Morgan fingerprint density at radius 2 is 1.86 bits per heavy atom. The predicted octanol–water partition coefficient (Wildman–Crippen LogP) is 1.78. The fourth-order valence-electron chi connectivity index (χ4n) is 2.42. The molecule has 0 saturated carbocycles. The Labute approximate surface area is 131 Å². The topological polar surface area (TPSA) is 35.6 Å². The lowest BCUT2D eigenvalue weighted by molar-refractivity contribution is 0.0949. The molecule has 21 heavy (non-hydrogen) atoms. The number of nitrogens with one attached hydrogen (secondary N) is 1. The number of benzene rings is 1. The Bertz CT molecular complexity index is 441. The largest absolute Gasteiger partial charge is 0.352 e. The van der Waals surface area contributed by atoms with Crippen molar-refractivity contribution >= 4 is 17.7 Å². The second kappa shape index (κ2) is 8.41. The number of rotatable bonds is 6. The first-order valence-corrected chi connectivity index (χ1v) is 8.74. The Morgan fingerprint density at radius 1 is 1.19 bits per heavy atom. The molecule has 4 nitrogen and oxygen atoms in total. The summed E-state index contributed by atoms with van der Waals surface area (Å²) < 4.78 is 0. The van der Waals surface area contributed by atoms with E-state index in [0.29, 0.717) is 0 Å². The minimum atomic E-state index is 0.0287. The first-order chi connectivity index (χ1) is 10.2. The standard InChI is InChI=1S/C16H25N3OS/c1-18-10-12-19(13-11-18)9-3-8-17-16(20)14-4-6-15(21-2)7-5-14/h4-7H,3,8-13H2,1-2H3,(H,17,20). The minimum absolute atomic E-state index is 0.0287.